The van der Waals surface area contributed by atoms with Crippen LogP contribution in [-0.2, 0) is 12.6 Å². The Morgan fingerprint density at radius 3 is 2.22 bits per heavy atom. The highest BCUT2D eigenvalue weighted by Gasteiger charge is 2.29. The van der Waals surface area contributed by atoms with E-state index in [1.807, 2.05) is 0 Å². The minimum absolute atomic E-state index is 0.102. The quantitative estimate of drug-likeness (QED) is 0.610. The Morgan fingerprint density at radius 1 is 1.13 bits per heavy atom. The summed E-state index contributed by atoms with van der Waals surface area (Å²) in [7, 11) is 1.69. The zero-order valence-electron chi connectivity index (χ0n) is 13.9. The molecule has 0 heterocycles. The number of hydrogen-bond acceptors (Lipinski definition) is 2. The minimum Gasteiger partial charge on any atom is -0.356 e. The van der Waals surface area contributed by atoms with Gasteiger partial charge in [-0.25, -0.2) is 0 Å². The van der Waals surface area contributed by atoms with Gasteiger partial charge in [0.15, 0.2) is 5.96 Å². The molecule has 0 saturated carbocycles. The lowest BCUT2D eigenvalue weighted by Gasteiger charge is -2.23. The normalized spacial score (nSPS) is 13.1. The largest absolute Gasteiger partial charge is 0.416 e. The molecule has 0 aromatic heterocycles. The van der Waals surface area contributed by atoms with Crippen molar-refractivity contribution in [2.45, 2.75) is 31.2 Å². The molecule has 1 aromatic carbocycles. The van der Waals surface area contributed by atoms with Crippen molar-refractivity contribution in [1.29, 1.82) is 0 Å². The zero-order chi connectivity index (χ0) is 17.5. The summed E-state index contributed by atoms with van der Waals surface area (Å²) in [6.45, 7) is 5.65. The Hall–Kier alpha value is -1.37. The van der Waals surface area contributed by atoms with Gasteiger partial charge < -0.3 is 10.6 Å². The van der Waals surface area contributed by atoms with Gasteiger partial charge in [0.05, 0.1) is 5.56 Å². The molecule has 130 valence electrons. The van der Waals surface area contributed by atoms with Gasteiger partial charge in [0, 0.05) is 24.9 Å². The number of hydrogen-bond donors (Lipinski definition) is 2. The van der Waals surface area contributed by atoms with Crippen LogP contribution in [0.4, 0.5) is 13.2 Å². The molecular formula is C16H24F3N3S. The molecule has 0 atom stereocenters. The fourth-order valence-electron chi connectivity index (χ4n) is 1.78. The maximum Gasteiger partial charge on any atom is 0.416 e. The van der Waals surface area contributed by atoms with Crippen LogP contribution < -0.4 is 10.6 Å². The summed E-state index contributed by atoms with van der Waals surface area (Å²) < 4.78 is 37.6. The van der Waals surface area contributed by atoms with Crippen LogP contribution in [0.3, 0.4) is 0 Å². The Kier molecular flexibility index (Phi) is 7.25. The number of nitrogens with one attached hydrogen (secondary N) is 2. The van der Waals surface area contributed by atoms with E-state index >= 15 is 0 Å². The van der Waals surface area contributed by atoms with Crippen molar-refractivity contribution in [1.82, 2.24) is 10.6 Å². The third-order valence-electron chi connectivity index (χ3n) is 3.45. The monoisotopic (exact) mass is 347 g/mol. The van der Waals surface area contributed by atoms with Crippen molar-refractivity contribution >= 4 is 17.7 Å². The summed E-state index contributed by atoms with van der Waals surface area (Å²) in [5, 5.41) is 6.41. The standard InChI is InChI=1S/C16H24F3N3S/c1-15(2,23-4)11-22-14(20-3)21-10-9-12-5-7-13(8-6-12)16(17,18)19/h5-8H,9-11H2,1-4H3,(H2,20,21,22). The summed E-state index contributed by atoms with van der Waals surface area (Å²) in [6.07, 6.45) is -1.60. The SMILES string of the molecule is CN=C(NCCc1ccc(C(F)(F)F)cc1)NCC(C)(C)SC. The number of halogens is 3. The second-order valence-corrected chi connectivity index (χ2v) is 7.27. The molecule has 0 saturated heterocycles. The van der Waals surface area contributed by atoms with Crippen LogP contribution in [0, 0.1) is 0 Å². The fourth-order valence-corrected chi connectivity index (χ4v) is 1.99. The van der Waals surface area contributed by atoms with Crippen molar-refractivity contribution in [3.8, 4) is 0 Å². The van der Waals surface area contributed by atoms with E-state index in [9.17, 15) is 13.2 Å². The van der Waals surface area contributed by atoms with Gasteiger partial charge in [-0.2, -0.15) is 24.9 Å². The number of benzene rings is 1. The topological polar surface area (TPSA) is 36.4 Å². The zero-order valence-corrected chi connectivity index (χ0v) is 14.7. The van der Waals surface area contributed by atoms with Crippen molar-refractivity contribution < 1.29 is 13.2 Å². The first-order chi connectivity index (χ1) is 10.7. The molecule has 0 aliphatic carbocycles. The van der Waals surface area contributed by atoms with E-state index in [1.54, 1.807) is 18.8 Å². The van der Waals surface area contributed by atoms with E-state index in [2.05, 4.69) is 35.7 Å². The predicted molar refractivity (Wildman–Crippen MR) is 92.1 cm³/mol. The second kappa shape index (κ2) is 8.47. The van der Waals surface area contributed by atoms with E-state index in [4.69, 9.17) is 0 Å². The maximum atomic E-state index is 12.5. The highest BCUT2D eigenvalue weighted by Crippen LogP contribution is 2.29. The van der Waals surface area contributed by atoms with Gasteiger partial charge in [0.1, 0.15) is 0 Å². The van der Waals surface area contributed by atoms with Crippen molar-refractivity contribution in [2.24, 2.45) is 4.99 Å². The lowest BCUT2D eigenvalue weighted by Crippen LogP contribution is -2.43. The van der Waals surface area contributed by atoms with E-state index in [0.29, 0.717) is 18.9 Å². The van der Waals surface area contributed by atoms with E-state index in [0.717, 1.165) is 24.2 Å². The average molecular weight is 347 g/mol. The number of thioether (sulfide) groups is 1. The van der Waals surface area contributed by atoms with Crippen molar-refractivity contribution in [3.63, 3.8) is 0 Å². The van der Waals surface area contributed by atoms with Crippen LogP contribution in [0.25, 0.3) is 0 Å². The lowest BCUT2D eigenvalue weighted by atomic mass is 10.1. The second-order valence-electron chi connectivity index (χ2n) is 5.76. The molecule has 0 fully saturated rings. The molecule has 0 radical (unpaired) electrons. The van der Waals surface area contributed by atoms with Gasteiger partial charge in [-0.1, -0.05) is 12.1 Å². The summed E-state index contributed by atoms with van der Waals surface area (Å²) >= 11 is 1.77. The van der Waals surface area contributed by atoms with Crippen LogP contribution >= 0.6 is 11.8 Å². The summed E-state index contributed by atoms with van der Waals surface area (Å²) in [5.74, 6) is 0.694. The number of alkyl halides is 3. The molecular weight excluding hydrogens is 323 g/mol. The minimum atomic E-state index is -4.28. The molecule has 0 spiro atoms. The van der Waals surface area contributed by atoms with Gasteiger partial charge >= 0.3 is 6.18 Å². The van der Waals surface area contributed by atoms with Crippen molar-refractivity contribution in [2.75, 3.05) is 26.4 Å². The molecule has 0 amide bonds. The van der Waals surface area contributed by atoms with Gasteiger partial charge in [0.25, 0.3) is 0 Å². The first kappa shape index (κ1) is 19.7. The van der Waals surface area contributed by atoms with Crippen molar-refractivity contribution in [3.05, 3.63) is 35.4 Å². The van der Waals surface area contributed by atoms with Crippen LogP contribution in [-0.4, -0.2) is 37.1 Å². The molecule has 0 aliphatic heterocycles. The van der Waals surface area contributed by atoms with E-state index < -0.39 is 11.7 Å². The first-order valence-electron chi connectivity index (χ1n) is 7.34. The smallest absolute Gasteiger partial charge is 0.356 e. The fraction of sp³-hybridized carbons (Fsp3) is 0.562. The molecule has 1 rings (SSSR count). The molecule has 0 unspecified atom stereocenters. The van der Waals surface area contributed by atoms with Crippen LogP contribution in [0.15, 0.2) is 29.3 Å². The van der Waals surface area contributed by atoms with Crippen LogP contribution in [0.5, 0.6) is 0 Å². The number of aliphatic imine (C=N–C) groups is 1. The van der Waals surface area contributed by atoms with Gasteiger partial charge in [-0.3, -0.25) is 4.99 Å². The molecule has 2 N–H and O–H groups in total. The highest BCUT2D eigenvalue weighted by atomic mass is 32.2. The molecule has 0 aliphatic rings. The third-order valence-corrected chi connectivity index (χ3v) is 4.69. The highest BCUT2D eigenvalue weighted by molar-refractivity contribution is 7.99. The average Bonchev–Trinajstić information content (AvgIpc) is 2.50. The molecule has 1 aromatic rings. The molecule has 3 nitrogen and oxygen atoms in total. The van der Waals surface area contributed by atoms with E-state index in [-0.39, 0.29) is 4.75 Å². The molecule has 7 heteroatoms. The number of rotatable bonds is 6. The summed E-state index contributed by atoms with van der Waals surface area (Å²) in [4.78, 5) is 4.14. The summed E-state index contributed by atoms with van der Waals surface area (Å²) in [6, 6.07) is 5.25. The lowest BCUT2D eigenvalue weighted by molar-refractivity contribution is -0.137. The van der Waals surface area contributed by atoms with Gasteiger partial charge in [-0.05, 0) is 44.2 Å². The summed E-state index contributed by atoms with van der Waals surface area (Å²) in [5.41, 5.74) is 0.233. The molecule has 0 bridgehead atoms. The van der Waals surface area contributed by atoms with E-state index in [1.165, 1.54) is 12.1 Å². The Bertz CT molecular complexity index is 510. The Balaban J connectivity index is 2.43. The maximum absolute atomic E-state index is 12.5. The van der Waals surface area contributed by atoms with Gasteiger partial charge in [0.2, 0.25) is 0 Å². The number of guanidine groups is 1. The third kappa shape index (κ3) is 7.16. The van der Waals surface area contributed by atoms with Crippen LogP contribution in [0.1, 0.15) is 25.0 Å². The van der Waals surface area contributed by atoms with Crippen LogP contribution in [0.2, 0.25) is 0 Å². The molecule has 23 heavy (non-hydrogen) atoms. The van der Waals surface area contributed by atoms with Gasteiger partial charge in [-0.15, -0.1) is 0 Å². The Labute approximate surface area is 140 Å². The Morgan fingerprint density at radius 2 is 1.74 bits per heavy atom. The first-order valence-corrected chi connectivity index (χ1v) is 8.56. The number of nitrogens with zero attached hydrogens (tertiary/aromatic N) is 1. The predicted octanol–water partition coefficient (Wildman–Crippen LogP) is 3.55.